The second-order valence-electron chi connectivity index (χ2n) is 6.52. The molecule has 6 heteroatoms. The molecule has 1 atom stereocenters. The predicted molar refractivity (Wildman–Crippen MR) is 90.0 cm³/mol. The van der Waals surface area contributed by atoms with Crippen molar-refractivity contribution in [1.29, 1.82) is 0 Å². The van der Waals surface area contributed by atoms with Gasteiger partial charge in [0, 0.05) is 24.4 Å². The minimum absolute atomic E-state index is 0.0616. The first-order chi connectivity index (χ1) is 11.2. The molecule has 1 N–H and O–H groups in total. The molecule has 3 rings (SSSR count). The van der Waals surface area contributed by atoms with E-state index in [2.05, 4.69) is 17.2 Å². The third kappa shape index (κ3) is 3.91. The molecule has 1 saturated heterocycles. The van der Waals surface area contributed by atoms with Crippen molar-refractivity contribution in [3.63, 3.8) is 0 Å². The quantitative estimate of drug-likeness (QED) is 0.899. The van der Waals surface area contributed by atoms with Crippen LogP contribution in [0.5, 0.6) is 0 Å². The summed E-state index contributed by atoms with van der Waals surface area (Å²) in [5.74, 6) is 0.220. The molecule has 1 aliphatic carbocycles. The van der Waals surface area contributed by atoms with Crippen molar-refractivity contribution in [2.24, 2.45) is 5.92 Å². The van der Waals surface area contributed by atoms with Gasteiger partial charge in [0.15, 0.2) is 0 Å². The first kappa shape index (κ1) is 16.4. The Labute approximate surface area is 141 Å². The van der Waals surface area contributed by atoms with E-state index in [0.717, 1.165) is 30.0 Å². The number of aromatic nitrogens is 1. The van der Waals surface area contributed by atoms with Crippen LogP contribution in [-0.4, -0.2) is 34.3 Å². The third-order valence-corrected chi connectivity index (χ3v) is 5.97. The number of carbonyl (C=O) groups excluding carboxylic acids is 2. The zero-order valence-corrected chi connectivity index (χ0v) is 14.5. The number of hydrogen-bond donors (Lipinski definition) is 1. The van der Waals surface area contributed by atoms with Gasteiger partial charge in [0.05, 0.1) is 23.2 Å². The highest BCUT2D eigenvalue weighted by Gasteiger charge is 2.35. The highest BCUT2D eigenvalue weighted by atomic mass is 32.1. The molecule has 0 spiro atoms. The largest absolute Gasteiger partial charge is 0.350 e. The topological polar surface area (TPSA) is 62.3 Å². The van der Waals surface area contributed by atoms with E-state index < -0.39 is 0 Å². The first-order valence-electron chi connectivity index (χ1n) is 8.67. The molecule has 1 saturated carbocycles. The molecule has 1 aliphatic heterocycles. The van der Waals surface area contributed by atoms with Crippen molar-refractivity contribution in [3.8, 4) is 0 Å². The maximum Gasteiger partial charge on any atom is 0.225 e. The van der Waals surface area contributed by atoms with Crippen molar-refractivity contribution in [2.45, 2.75) is 64.5 Å². The molecule has 0 bridgehead atoms. The van der Waals surface area contributed by atoms with Crippen molar-refractivity contribution in [3.05, 3.63) is 16.1 Å². The Morgan fingerprint density at radius 2 is 2.17 bits per heavy atom. The number of aryl methyl sites for hydroxylation is 1. The van der Waals surface area contributed by atoms with Crippen LogP contribution in [0.4, 0.5) is 0 Å². The summed E-state index contributed by atoms with van der Waals surface area (Å²) in [5, 5.41) is 6.11. The van der Waals surface area contributed by atoms with Crippen LogP contribution in [-0.2, 0) is 22.6 Å². The van der Waals surface area contributed by atoms with Crippen LogP contribution >= 0.6 is 11.3 Å². The maximum atomic E-state index is 12.4. The van der Waals surface area contributed by atoms with E-state index in [0.29, 0.717) is 32.0 Å². The minimum atomic E-state index is -0.0717. The summed E-state index contributed by atoms with van der Waals surface area (Å²) in [7, 11) is 0. The summed E-state index contributed by atoms with van der Waals surface area (Å²) in [6, 6.07) is 0.365. The Hall–Kier alpha value is -1.43. The predicted octanol–water partition coefficient (Wildman–Crippen LogP) is 2.50. The molecule has 2 amide bonds. The molecular weight excluding hydrogens is 310 g/mol. The van der Waals surface area contributed by atoms with Crippen molar-refractivity contribution >= 4 is 23.2 Å². The van der Waals surface area contributed by atoms with E-state index in [9.17, 15) is 9.59 Å². The number of piperidine rings is 1. The molecule has 2 fully saturated rings. The molecule has 2 heterocycles. The van der Waals surface area contributed by atoms with Crippen molar-refractivity contribution in [1.82, 2.24) is 15.2 Å². The molecule has 23 heavy (non-hydrogen) atoms. The van der Waals surface area contributed by atoms with Crippen LogP contribution in [0, 0.1) is 5.92 Å². The van der Waals surface area contributed by atoms with Gasteiger partial charge in [-0.15, -0.1) is 11.3 Å². The van der Waals surface area contributed by atoms with Gasteiger partial charge in [-0.1, -0.05) is 19.8 Å². The average Bonchev–Trinajstić information content (AvgIpc) is 3.24. The Kier molecular flexibility index (Phi) is 5.30. The lowest BCUT2D eigenvalue weighted by atomic mass is 9.95. The SMILES string of the molecule is CCc1nc(CNC(=O)C2CCC(=O)N(C3CCCC3)C2)cs1. The smallest absolute Gasteiger partial charge is 0.225 e. The number of rotatable bonds is 5. The monoisotopic (exact) mass is 335 g/mol. The Balaban J connectivity index is 1.53. The van der Waals surface area contributed by atoms with Gasteiger partial charge in [-0.3, -0.25) is 9.59 Å². The van der Waals surface area contributed by atoms with Crippen LogP contribution in [0.3, 0.4) is 0 Å². The molecule has 0 aromatic carbocycles. The summed E-state index contributed by atoms with van der Waals surface area (Å²) in [6.07, 6.45) is 6.71. The lowest BCUT2D eigenvalue weighted by Gasteiger charge is -2.36. The summed E-state index contributed by atoms with van der Waals surface area (Å²) in [4.78, 5) is 31.0. The highest BCUT2D eigenvalue weighted by molar-refractivity contribution is 7.09. The van der Waals surface area contributed by atoms with Gasteiger partial charge in [0.2, 0.25) is 11.8 Å². The number of thiazole rings is 1. The summed E-state index contributed by atoms with van der Waals surface area (Å²) >= 11 is 1.64. The third-order valence-electron chi connectivity index (χ3n) is 4.93. The summed E-state index contributed by atoms with van der Waals surface area (Å²) < 4.78 is 0. The van der Waals surface area contributed by atoms with Crippen molar-refractivity contribution in [2.75, 3.05) is 6.54 Å². The second-order valence-corrected chi connectivity index (χ2v) is 7.47. The molecule has 5 nitrogen and oxygen atoms in total. The van der Waals surface area contributed by atoms with E-state index in [1.54, 1.807) is 11.3 Å². The fourth-order valence-corrected chi connectivity index (χ4v) is 4.31. The number of likely N-dealkylation sites (tertiary alicyclic amines) is 1. The molecule has 1 unspecified atom stereocenters. The number of nitrogens with zero attached hydrogens (tertiary/aromatic N) is 2. The molecule has 0 radical (unpaired) electrons. The highest BCUT2D eigenvalue weighted by Crippen LogP contribution is 2.28. The Morgan fingerprint density at radius 1 is 1.39 bits per heavy atom. The van der Waals surface area contributed by atoms with Crippen molar-refractivity contribution < 1.29 is 9.59 Å². The lowest BCUT2D eigenvalue weighted by Crippen LogP contribution is -2.49. The van der Waals surface area contributed by atoms with Crippen LogP contribution in [0.1, 0.15) is 56.2 Å². The zero-order chi connectivity index (χ0) is 16.2. The minimum Gasteiger partial charge on any atom is -0.350 e. The van der Waals surface area contributed by atoms with Gasteiger partial charge in [0.1, 0.15) is 0 Å². The average molecular weight is 335 g/mol. The number of nitrogens with one attached hydrogen (secondary N) is 1. The van der Waals surface area contributed by atoms with Crippen LogP contribution in [0.15, 0.2) is 5.38 Å². The normalized spacial score (nSPS) is 22.6. The maximum absolute atomic E-state index is 12.4. The Morgan fingerprint density at radius 3 is 2.87 bits per heavy atom. The van der Waals surface area contributed by atoms with E-state index in [1.165, 1.54) is 12.8 Å². The number of carbonyl (C=O) groups is 2. The molecular formula is C17H25N3O2S. The fraction of sp³-hybridized carbons (Fsp3) is 0.706. The molecule has 2 aliphatic rings. The number of hydrogen-bond acceptors (Lipinski definition) is 4. The van der Waals surface area contributed by atoms with Gasteiger partial charge >= 0.3 is 0 Å². The first-order valence-corrected chi connectivity index (χ1v) is 9.55. The molecule has 1 aromatic rings. The fourth-order valence-electron chi connectivity index (χ4n) is 3.57. The van der Waals surface area contributed by atoms with Gasteiger partial charge in [-0.2, -0.15) is 0 Å². The van der Waals surface area contributed by atoms with Gasteiger partial charge in [-0.05, 0) is 25.7 Å². The molecule has 126 valence electrons. The van der Waals surface area contributed by atoms with Crippen LogP contribution in [0.2, 0.25) is 0 Å². The zero-order valence-electron chi connectivity index (χ0n) is 13.7. The van der Waals surface area contributed by atoms with Crippen LogP contribution in [0.25, 0.3) is 0 Å². The van der Waals surface area contributed by atoms with E-state index in [-0.39, 0.29) is 17.7 Å². The van der Waals surface area contributed by atoms with E-state index in [4.69, 9.17) is 0 Å². The van der Waals surface area contributed by atoms with Gasteiger partial charge in [0.25, 0.3) is 0 Å². The van der Waals surface area contributed by atoms with Gasteiger partial charge in [-0.25, -0.2) is 4.98 Å². The summed E-state index contributed by atoms with van der Waals surface area (Å²) in [5.41, 5.74) is 0.930. The lowest BCUT2D eigenvalue weighted by molar-refractivity contribution is -0.140. The van der Waals surface area contributed by atoms with Crippen LogP contribution < -0.4 is 5.32 Å². The summed E-state index contributed by atoms with van der Waals surface area (Å²) in [6.45, 7) is 3.16. The standard InChI is InChI=1S/C17H25N3O2S/c1-2-15-19-13(11-23-15)9-18-17(22)12-7-8-16(21)20(10-12)14-5-3-4-6-14/h11-12,14H,2-10H2,1H3,(H,18,22). The van der Waals surface area contributed by atoms with E-state index in [1.807, 2.05) is 10.3 Å². The second kappa shape index (κ2) is 7.43. The van der Waals surface area contributed by atoms with E-state index >= 15 is 0 Å². The Bertz CT molecular complexity index is 566. The number of amides is 2. The van der Waals surface area contributed by atoms with Gasteiger partial charge < -0.3 is 10.2 Å². The molecule has 1 aromatic heterocycles.